The second kappa shape index (κ2) is 5.78. The number of carboxylic acid groups (broad SMARTS) is 1. The number of likely N-dealkylation sites (tertiary alicyclic amines) is 1. The van der Waals surface area contributed by atoms with Crippen molar-refractivity contribution in [3.05, 3.63) is 54.2 Å². The van der Waals surface area contributed by atoms with Crippen molar-refractivity contribution in [3.63, 3.8) is 0 Å². The molecule has 0 radical (unpaired) electrons. The van der Waals surface area contributed by atoms with Crippen LogP contribution in [0.15, 0.2) is 48.7 Å². The second-order valence-electron chi connectivity index (χ2n) is 7.78. The lowest BCUT2D eigenvalue weighted by Crippen LogP contribution is -2.37. The van der Waals surface area contributed by atoms with Gasteiger partial charge in [0.15, 0.2) is 0 Å². The predicted molar refractivity (Wildman–Crippen MR) is 103 cm³/mol. The van der Waals surface area contributed by atoms with Gasteiger partial charge in [-0.3, -0.25) is 14.6 Å². The maximum atomic E-state index is 13.4. The van der Waals surface area contributed by atoms with Gasteiger partial charge in [-0.15, -0.1) is 0 Å². The highest BCUT2D eigenvalue weighted by atomic mass is 16.4. The van der Waals surface area contributed by atoms with E-state index in [1.54, 1.807) is 11.1 Å². The first-order valence-electron chi connectivity index (χ1n) is 9.39. The van der Waals surface area contributed by atoms with Crippen molar-refractivity contribution in [2.24, 2.45) is 11.3 Å². The SMILES string of the molecule is O=C(c1cc2ccccc2c2cccnc12)N1C[C@@H]2CCC[C@@]2(C(=O)O)C1. The van der Waals surface area contributed by atoms with Crippen LogP contribution in [0.1, 0.15) is 29.6 Å². The van der Waals surface area contributed by atoms with Crippen LogP contribution in [0.4, 0.5) is 0 Å². The number of carbonyl (C=O) groups is 2. The molecule has 0 bridgehead atoms. The minimum Gasteiger partial charge on any atom is -0.481 e. The molecule has 1 saturated heterocycles. The summed E-state index contributed by atoms with van der Waals surface area (Å²) in [5, 5.41) is 12.8. The zero-order valence-electron chi connectivity index (χ0n) is 14.9. The number of hydrogen-bond donors (Lipinski definition) is 1. The molecule has 0 unspecified atom stereocenters. The third kappa shape index (κ3) is 2.27. The van der Waals surface area contributed by atoms with Gasteiger partial charge in [-0.1, -0.05) is 36.8 Å². The first-order chi connectivity index (χ1) is 13.1. The Labute approximate surface area is 156 Å². The molecule has 2 aromatic carbocycles. The van der Waals surface area contributed by atoms with Gasteiger partial charge < -0.3 is 10.0 Å². The lowest BCUT2D eigenvalue weighted by atomic mass is 9.81. The summed E-state index contributed by atoms with van der Waals surface area (Å²) >= 11 is 0. The standard InChI is InChI=1S/C22H20N2O3/c25-20(24-12-15-6-3-9-22(15,13-24)21(26)27)18-11-14-5-1-2-7-16(14)17-8-4-10-23-19(17)18/h1-2,4-5,7-8,10-11,15H,3,6,9,12-13H2,(H,26,27)/t15-,22+/m0/s1. The molecule has 1 amide bonds. The number of rotatable bonds is 2. The molecule has 2 fully saturated rings. The van der Waals surface area contributed by atoms with Gasteiger partial charge in [0, 0.05) is 24.7 Å². The van der Waals surface area contributed by atoms with Gasteiger partial charge >= 0.3 is 5.97 Å². The number of fused-ring (bicyclic) bond motifs is 4. The van der Waals surface area contributed by atoms with E-state index in [2.05, 4.69) is 4.98 Å². The van der Waals surface area contributed by atoms with E-state index < -0.39 is 11.4 Å². The fourth-order valence-corrected chi connectivity index (χ4v) is 5.06. The van der Waals surface area contributed by atoms with Crippen molar-refractivity contribution in [1.82, 2.24) is 9.88 Å². The fourth-order valence-electron chi connectivity index (χ4n) is 5.06. The minimum absolute atomic E-state index is 0.0543. The number of carbonyl (C=O) groups excluding carboxylic acids is 1. The van der Waals surface area contributed by atoms with Crippen molar-refractivity contribution < 1.29 is 14.7 Å². The van der Waals surface area contributed by atoms with Gasteiger partial charge in [0.05, 0.1) is 16.5 Å². The molecular weight excluding hydrogens is 340 g/mol. The van der Waals surface area contributed by atoms with Crippen LogP contribution < -0.4 is 0 Å². The van der Waals surface area contributed by atoms with Gasteiger partial charge in [0.25, 0.3) is 5.91 Å². The summed E-state index contributed by atoms with van der Waals surface area (Å²) in [4.78, 5) is 31.6. The molecule has 136 valence electrons. The predicted octanol–water partition coefficient (Wildman–Crippen LogP) is 3.71. The Balaban J connectivity index is 1.61. The molecular formula is C22H20N2O3. The summed E-state index contributed by atoms with van der Waals surface area (Å²) in [5.74, 6) is -0.820. The number of carboxylic acids is 1. The first kappa shape index (κ1) is 16.2. The van der Waals surface area contributed by atoms with Crippen LogP contribution in [-0.2, 0) is 4.79 Å². The summed E-state index contributed by atoms with van der Waals surface area (Å²) in [6.07, 6.45) is 4.17. The highest BCUT2D eigenvalue weighted by molar-refractivity contribution is 6.15. The normalized spacial score (nSPS) is 24.4. The number of hydrogen-bond acceptors (Lipinski definition) is 3. The summed E-state index contributed by atoms with van der Waals surface area (Å²) in [5.41, 5.74) is 0.475. The van der Waals surface area contributed by atoms with E-state index in [0.29, 0.717) is 30.6 Å². The molecule has 0 spiro atoms. The second-order valence-corrected chi connectivity index (χ2v) is 7.78. The smallest absolute Gasteiger partial charge is 0.311 e. The third-order valence-electron chi connectivity index (χ3n) is 6.43. The zero-order chi connectivity index (χ0) is 18.6. The Morgan fingerprint density at radius 2 is 1.96 bits per heavy atom. The van der Waals surface area contributed by atoms with Crippen LogP contribution in [0.25, 0.3) is 21.7 Å². The molecule has 1 saturated carbocycles. The van der Waals surface area contributed by atoms with Gasteiger partial charge in [-0.25, -0.2) is 0 Å². The molecule has 3 aromatic rings. The summed E-state index contributed by atoms with van der Waals surface area (Å²) in [6.45, 7) is 0.819. The topological polar surface area (TPSA) is 70.5 Å². The molecule has 1 aliphatic heterocycles. The van der Waals surface area contributed by atoms with Gasteiger partial charge in [0.1, 0.15) is 0 Å². The lowest BCUT2D eigenvalue weighted by Gasteiger charge is -2.23. The lowest BCUT2D eigenvalue weighted by molar-refractivity contribution is -0.149. The Hall–Kier alpha value is -2.95. The maximum Gasteiger partial charge on any atom is 0.311 e. The molecule has 5 rings (SSSR count). The number of aliphatic carboxylic acids is 1. The average molecular weight is 360 g/mol. The van der Waals surface area contributed by atoms with Crippen molar-refractivity contribution in [1.29, 1.82) is 0 Å². The molecule has 5 heteroatoms. The molecule has 2 heterocycles. The van der Waals surface area contributed by atoms with Crippen LogP contribution >= 0.6 is 0 Å². The van der Waals surface area contributed by atoms with Crippen LogP contribution in [0.2, 0.25) is 0 Å². The van der Waals surface area contributed by atoms with Crippen LogP contribution in [0.3, 0.4) is 0 Å². The Morgan fingerprint density at radius 1 is 1.15 bits per heavy atom. The first-order valence-corrected chi connectivity index (χ1v) is 9.39. The Kier molecular flexibility index (Phi) is 3.47. The average Bonchev–Trinajstić information content (AvgIpc) is 3.25. The number of aromatic nitrogens is 1. The summed E-state index contributed by atoms with van der Waals surface area (Å²) in [7, 11) is 0. The fraction of sp³-hybridized carbons (Fsp3) is 0.318. The van der Waals surface area contributed by atoms with Crippen molar-refractivity contribution in [2.45, 2.75) is 19.3 Å². The minimum atomic E-state index is -0.768. The number of amides is 1. The number of benzene rings is 2. The monoisotopic (exact) mass is 360 g/mol. The molecule has 27 heavy (non-hydrogen) atoms. The van der Waals surface area contributed by atoms with Crippen molar-refractivity contribution in [2.75, 3.05) is 13.1 Å². The summed E-state index contributed by atoms with van der Waals surface area (Å²) < 4.78 is 0. The quantitative estimate of drug-likeness (QED) is 0.707. The molecule has 1 aromatic heterocycles. The largest absolute Gasteiger partial charge is 0.481 e. The Bertz CT molecular complexity index is 1090. The number of pyridine rings is 1. The van der Waals surface area contributed by atoms with Crippen molar-refractivity contribution >= 4 is 33.6 Å². The van der Waals surface area contributed by atoms with E-state index in [1.807, 2.05) is 42.5 Å². The van der Waals surface area contributed by atoms with Gasteiger partial charge in [-0.05, 0) is 41.7 Å². The van der Waals surface area contributed by atoms with Crippen LogP contribution in [-0.4, -0.2) is 40.0 Å². The van der Waals surface area contributed by atoms with Crippen LogP contribution in [0.5, 0.6) is 0 Å². The third-order valence-corrected chi connectivity index (χ3v) is 6.43. The highest BCUT2D eigenvalue weighted by Crippen LogP contribution is 2.49. The molecule has 2 atom stereocenters. The Morgan fingerprint density at radius 3 is 2.78 bits per heavy atom. The van der Waals surface area contributed by atoms with E-state index in [9.17, 15) is 14.7 Å². The number of nitrogens with zero attached hydrogens (tertiary/aromatic N) is 2. The van der Waals surface area contributed by atoms with Crippen LogP contribution in [0, 0.1) is 11.3 Å². The molecule has 1 N–H and O–H groups in total. The summed E-state index contributed by atoms with van der Waals surface area (Å²) in [6, 6.07) is 13.7. The van der Waals surface area contributed by atoms with E-state index in [0.717, 1.165) is 29.0 Å². The molecule has 5 nitrogen and oxygen atoms in total. The molecule has 1 aliphatic carbocycles. The highest BCUT2D eigenvalue weighted by Gasteiger charge is 2.55. The maximum absolute atomic E-state index is 13.4. The van der Waals surface area contributed by atoms with Gasteiger partial charge in [0.2, 0.25) is 0 Å². The van der Waals surface area contributed by atoms with Gasteiger partial charge in [-0.2, -0.15) is 0 Å². The molecule has 2 aliphatic rings. The van der Waals surface area contributed by atoms with E-state index in [-0.39, 0.29) is 11.8 Å². The van der Waals surface area contributed by atoms with E-state index >= 15 is 0 Å². The van der Waals surface area contributed by atoms with E-state index in [4.69, 9.17) is 0 Å². The zero-order valence-corrected chi connectivity index (χ0v) is 14.9. The van der Waals surface area contributed by atoms with E-state index in [1.165, 1.54) is 0 Å². The van der Waals surface area contributed by atoms with Crippen molar-refractivity contribution in [3.8, 4) is 0 Å².